The van der Waals surface area contributed by atoms with Gasteiger partial charge in [-0.2, -0.15) is 4.36 Å². The van der Waals surface area contributed by atoms with Gasteiger partial charge >= 0.3 is 35.6 Å². The molecule has 2 amide bonds. The van der Waals surface area contributed by atoms with Crippen molar-refractivity contribution in [2.75, 3.05) is 11.9 Å². The summed E-state index contributed by atoms with van der Waals surface area (Å²) in [5.74, 6) is 0. The molecule has 2 aromatic carbocycles. The maximum atomic E-state index is 12.7. The zero-order chi connectivity index (χ0) is 21.4. The second-order valence-corrected chi connectivity index (χ2v) is 8.01. The molecule has 0 spiro atoms. The second kappa shape index (κ2) is 12.0. The summed E-state index contributed by atoms with van der Waals surface area (Å²) in [5.41, 5.74) is 1.27. The summed E-state index contributed by atoms with van der Waals surface area (Å²) in [7, 11) is -4.47. The van der Waals surface area contributed by atoms with E-state index >= 15 is 0 Å². The van der Waals surface area contributed by atoms with Gasteiger partial charge in [0, 0.05) is 34.4 Å². The molecule has 0 aliphatic heterocycles. The van der Waals surface area contributed by atoms with Crippen LogP contribution in [0.4, 0.5) is 21.9 Å². The molecule has 0 saturated carbocycles. The Labute approximate surface area is 198 Å². The SMILES string of the molecule is CCCCCNC(=O)N=S(=O)([O-])c1cc([N+](=O)[O-])ccc1Nc1ccc(C)cc1.[Na+]. The number of carbonyl (C=O) groups excluding carboxylic acids is 1. The molecule has 0 bridgehead atoms. The first-order valence-corrected chi connectivity index (χ1v) is 10.5. The molecule has 2 aromatic rings. The Morgan fingerprint density at radius 3 is 2.43 bits per heavy atom. The van der Waals surface area contributed by atoms with E-state index in [0.29, 0.717) is 18.7 Å². The Kier molecular flexibility index (Phi) is 10.4. The number of nitro benzene ring substituents is 1. The zero-order valence-electron chi connectivity index (χ0n) is 17.2. The first-order valence-electron chi connectivity index (χ1n) is 9.11. The fourth-order valence-corrected chi connectivity index (χ4v) is 3.54. The largest absolute Gasteiger partial charge is 1.00 e. The minimum atomic E-state index is -4.47. The van der Waals surface area contributed by atoms with Gasteiger partial charge in [-0.15, -0.1) is 0 Å². The van der Waals surface area contributed by atoms with Gasteiger partial charge in [-0.3, -0.25) is 14.3 Å². The molecule has 1 unspecified atom stereocenters. The van der Waals surface area contributed by atoms with Crippen molar-refractivity contribution in [1.29, 1.82) is 0 Å². The average Bonchev–Trinajstić information content (AvgIpc) is 2.66. The van der Waals surface area contributed by atoms with Crippen molar-refractivity contribution in [3.63, 3.8) is 0 Å². The van der Waals surface area contributed by atoms with Crippen molar-refractivity contribution in [3.8, 4) is 0 Å². The number of nitrogens with zero attached hydrogens (tertiary/aromatic N) is 2. The number of rotatable bonds is 8. The van der Waals surface area contributed by atoms with Gasteiger partial charge in [0.1, 0.15) is 0 Å². The van der Waals surface area contributed by atoms with Crippen LogP contribution in [-0.4, -0.2) is 26.3 Å². The molecule has 2 rings (SSSR count). The third kappa shape index (κ3) is 7.69. The Balaban J connectivity index is 0.00000450. The predicted octanol–water partition coefficient (Wildman–Crippen LogP) is 1.51. The Bertz CT molecular complexity index is 1000. The zero-order valence-corrected chi connectivity index (χ0v) is 20.0. The quantitative estimate of drug-likeness (QED) is 0.275. The van der Waals surface area contributed by atoms with Crippen molar-refractivity contribution in [1.82, 2.24) is 5.32 Å². The average molecular weight is 442 g/mol. The molecule has 0 aliphatic carbocycles. The molecule has 0 saturated heterocycles. The first-order chi connectivity index (χ1) is 13.7. The molecule has 1 atom stereocenters. The van der Waals surface area contributed by atoms with Crippen LogP contribution in [0.25, 0.3) is 0 Å². The van der Waals surface area contributed by atoms with Crippen LogP contribution in [0, 0.1) is 17.0 Å². The Morgan fingerprint density at radius 1 is 1.17 bits per heavy atom. The minimum Gasteiger partial charge on any atom is -0.760 e. The number of unbranched alkanes of at least 4 members (excludes halogenated alkanes) is 2. The van der Waals surface area contributed by atoms with Crippen LogP contribution in [0.1, 0.15) is 31.7 Å². The van der Waals surface area contributed by atoms with Gasteiger partial charge in [0.25, 0.3) is 5.69 Å². The van der Waals surface area contributed by atoms with Gasteiger partial charge in [0.2, 0.25) is 0 Å². The first kappa shape index (κ1) is 26.1. The molecule has 2 N–H and O–H groups in total. The van der Waals surface area contributed by atoms with Gasteiger partial charge in [0.15, 0.2) is 0 Å². The predicted molar refractivity (Wildman–Crippen MR) is 110 cm³/mol. The third-order valence-corrected chi connectivity index (χ3v) is 5.34. The monoisotopic (exact) mass is 442 g/mol. The third-order valence-electron chi connectivity index (χ3n) is 4.04. The van der Waals surface area contributed by atoms with Crippen molar-refractivity contribution in [2.24, 2.45) is 4.36 Å². The molecule has 0 fully saturated rings. The number of nitrogens with one attached hydrogen (secondary N) is 2. The number of anilines is 2. The number of non-ortho nitro benzene ring substituents is 1. The smallest absolute Gasteiger partial charge is 0.760 e. The number of aryl methyl sites for hydroxylation is 1. The van der Waals surface area contributed by atoms with Crippen molar-refractivity contribution >= 4 is 33.1 Å². The number of benzene rings is 2. The Morgan fingerprint density at radius 2 is 1.83 bits per heavy atom. The molecule has 9 nitrogen and oxygen atoms in total. The van der Waals surface area contributed by atoms with Gasteiger partial charge in [-0.25, -0.2) is 4.79 Å². The maximum Gasteiger partial charge on any atom is 1.00 e. The van der Waals surface area contributed by atoms with E-state index < -0.39 is 31.5 Å². The van der Waals surface area contributed by atoms with Gasteiger partial charge in [-0.05, 0) is 31.5 Å². The van der Waals surface area contributed by atoms with Gasteiger partial charge < -0.3 is 15.2 Å². The van der Waals surface area contributed by atoms with E-state index in [1.165, 1.54) is 12.1 Å². The summed E-state index contributed by atoms with van der Waals surface area (Å²) < 4.78 is 28.6. The van der Waals surface area contributed by atoms with Crippen LogP contribution in [0.2, 0.25) is 0 Å². The van der Waals surface area contributed by atoms with Crippen molar-refractivity contribution < 1.29 is 48.0 Å². The number of nitro groups is 1. The van der Waals surface area contributed by atoms with Gasteiger partial charge in [0.05, 0.1) is 15.5 Å². The van der Waals surface area contributed by atoms with Crippen LogP contribution < -0.4 is 40.2 Å². The molecule has 11 heteroatoms. The molecular weight excluding hydrogens is 419 g/mol. The summed E-state index contributed by atoms with van der Waals surface area (Å²) in [4.78, 5) is 21.8. The van der Waals surface area contributed by atoms with E-state index in [1.54, 1.807) is 12.1 Å². The fraction of sp³-hybridized carbons (Fsp3) is 0.316. The summed E-state index contributed by atoms with van der Waals surface area (Å²) in [6.07, 6.45) is 2.55. The number of hydrogen-bond acceptors (Lipinski definition) is 6. The van der Waals surface area contributed by atoms with Crippen molar-refractivity contribution in [2.45, 2.75) is 38.0 Å². The molecule has 0 aliphatic rings. The number of urea groups is 1. The van der Waals surface area contributed by atoms with Crippen LogP contribution >= 0.6 is 0 Å². The molecule has 0 heterocycles. The summed E-state index contributed by atoms with van der Waals surface area (Å²) in [6, 6.07) is 9.48. The molecular formula is C19H23N4NaO5S. The van der Waals surface area contributed by atoms with E-state index in [9.17, 15) is 23.7 Å². The van der Waals surface area contributed by atoms with E-state index in [2.05, 4.69) is 15.0 Å². The standard InChI is InChI=1S/C19H24N4O5S.Na/c1-3-4-5-12-20-19(24)22-29(27,28)18-13-16(23(25)26)10-11-17(18)21-15-8-6-14(2)7-9-15;/h6-11,13,21H,3-5,12H2,1-2H3,(H2,20,22,24,27,28);/q;+1/p-1. The molecule has 0 radical (unpaired) electrons. The van der Waals surface area contributed by atoms with Crippen molar-refractivity contribution in [3.05, 3.63) is 58.1 Å². The van der Waals surface area contributed by atoms with E-state index in [-0.39, 0.29) is 35.2 Å². The number of carbonyl (C=O) groups is 1. The summed E-state index contributed by atoms with van der Waals surface area (Å²) in [6.45, 7) is 4.21. The van der Waals surface area contributed by atoms with E-state index in [1.807, 2.05) is 26.0 Å². The summed E-state index contributed by atoms with van der Waals surface area (Å²) in [5, 5.41) is 16.4. The Hall–Kier alpha value is -1.98. The van der Waals surface area contributed by atoms with Crippen LogP contribution in [0.5, 0.6) is 0 Å². The maximum absolute atomic E-state index is 12.7. The molecule has 30 heavy (non-hydrogen) atoms. The van der Waals surface area contributed by atoms with Crippen LogP contribution in [-0.2, 0) is 10.0 Å². The van der Waals surface area contributed by atoms with E-state index in [0.717, 1.165) is 24.5 Å². The minimum absolute atomic E-state index is 0. The summed E-state index contributed by atoms with van der Waals surface area (Å²) >= 11 is 0. The second-order valence-electron chi connectivity index (χ2n) is 6.43. The molecule has 156 valence electrons. The normalized spacial score (nSPS) is 12.2. The van der Waals surface area contributed by atoms with Crippen LogP contribution in [0.3, 0.4) is 0 Å². The van der Waals surface area contributed by atoms with E-state index in [4.69, 9.17) is 0 Å². The number of amides is 2. The number of hydrogen-bond donors (Lipinski definition) is 2. The fourth-order valence-electron chi connectivity index (χ4n) is 2.49. The topological polar surface area (TPSA) is 137 Å². The molecule has 0 aromatic heterocycles. The van der Waals surface area contributed by atoms with Gasteiger partial charge in [-0.1, -0.05) is 37.5 Å². The van der Waals surface area contributed by atoms with Crippen LogP contribution in [0.15, 0.2) is 51.7 Å².